The number of nitrogens with one attached hydrogen (secondary N) is 1. The summed E-state index contributed by atoms with van der Waals surface area (Å²) in [6.45, 7) is 15.5. The number of rotatable bonds is 3. The second-order valence-corrected chi connectivity index (χ2v) is 16.4. The Kier molecular flexibility index (Phi) is 5.38. The van der Waals surface area contributed by atoms with Crippen molar-refractivity contribution >= 4 is 5.97 Å². The zero-order valence-electron chi connectivity index (χ0n) is 25.3. The van der Waals surface area contributed by atoms with E-state index in [-0.39, 0.29) is 16.6 Å². The molecule has 4 N–H and O–H groups in total. The summed E-state index contributed by atoms with van der Waals surface area (Å²) in [5.41, 5.74) is 10.4. The van der Waals surface area contributed by atoms with E-state index in [1.165, 1.54) is 69.8 Å². The van der Waals surface area contributed by atoms with E-state index in [0.717, 1.165) is 23.7 Å². The van der Waals surface area contributed by atoms with Crippen molar-refractivity contribution in [3.8, 4) is 0 Å². The lowest BCUT2D eigenvalue weighted by Gasteiger charge is -2.71. The summed E-state index contributed by atoms with van der Waals surface area (Å²) in [6, 6.07) is 7.78. The summed E-state index contributed by atoms with van der Waals surface area (Å²) in [5.74, 6) is 3.35. The number of carbonyl (C=O) groups is 1. The lowest BCUT2D eigenvalue weighted by Crippen LogP contribution is -2.69. The van der Waals surface area contributed by atoms with Gasteiger partial charge in [-0.25, -0.2) is 4.79 Å². The minimum Gasteiger partial charge on any atom is -0.478 e. The van der Waals surface area contributed by atoms with Crippen LogP contribution in [0.1, 0.15) is 128 Å². The van der Waals surface area contributed by atoms with Crippen LogP contribution in [0.15, 0.2) is 24.3 Å². The Bertz CT molecular complexity index is 1200. The van der Waals surface area contributed by atoms with Crippen molar-refractivity contribution in [2.75, 3.05) is 0 Å². The molecule has 1 aliphatic heterocycles. The Morgan fingerprint density at radius 1 is 0.872 bits per heavy atom. The largest absolute Gasteiger partial charge is 0.478 e. The molecule has 7 rings (SSSR count). The van der Waals surface area contributed by atoms with Crippen molar-refractivity contribution in [2.45, 2.75) is 128 Å². The van der Waals surface area contributed by atoms with E-state index in [1.54, 1.807) is 12.1 Å². The first-order chi connectivity index (χ1) is 18.3. The first-order valence-electron chi connectivity index (χ1n) is 16.2. The van der Waals surface area contributed by atoms with E-state index >= 15 is 0 Å². The van der Waals surface area contributed by atoms with Gasteiger partial charge >= 0.3 is 5.97 Å². The van der Waals surface area contributed by atoms with Gasteiger partial charge in [-0.3, -0.25) is 0 Å². The molecule has 1 aromatic rings. The molecular formula is C35H52N2O2. The molecule has 0 radical (unpaired) electrons. The van der Waals surface area contributed by atoms with Gasteiger partial charge in [0, 0.05) is 22.5 Å². The topological polar surface area (TPSA) is 85.3 Å². The second kappa shape index (κ2) is 7.91. The van der Waals surface area contributed by atoms with Gasteiger partial charge in [0.2, 0.25) is 0 Å². The molecular weight excluding hydrogens is 480 g/mol. The molecule has 5 aliphatic carbocycles. The van der Waals surface area contributed by atoms with E-state index in [2.05, 4.69) is 59.0 Å². The molecule has 1 spiro atoms. The average molecular weight is 533 g/mol. The molecule has 1 heterocycles. The van der Waals surface area contributed by atoms with Crippen molar-refractivity contribution in [2.24, 2.45) is 51.6 Å². The first-order valence-corrected chi connectivity index (χ1v) is 16.2. The highest BCUT2D eigenvalue weighted by Crippen LogP contribution is 2.80. The van der Waals surface area contributed by atoms with E-state index < -0.39 is 5.97 Å². The molecule has 4 nitrogen and oxygen atoms in total. The van der Waals surface area contributed by atoms with Crippen LogP contribution < -0.4 is 11.1 Å². The third-order valence-electron chi connectivity index (χ3n) is 15.4. The molecule has 6 aliphatic rings. The number of fused-ring (bicyclic) bond motifs is 6. The molecule has 1 aromatic carbocycles. The zero-order valence-corrected chi connectivity index (χ0v) is 25.3. The Labute approximate surface area is 236 Å². The van der Waals surface area contributed by atoms with Gasteiger partial charge in [-0.1, -0.05) is 46.8 Å². The quantitative estimate of drug-likeness (QED) is 0.355. The molecule has 4 heteroatoms. The Morgan fingerprint density at radius 3 is 2.23 bits per heavy atom. The molecule has 0 amide bonds. The molecule has 6 fully saturated rings. The van der Waals surface area contributed by atoms with Gasteiger partial charge in [0.1, 0.15) is 0 Å². The van der Waals surface area contributed by atoms with Crippen molar-refractivity contribution < 1.29 is 9.90 Å². The van der Waals surface area contributed by atoms with Crippen LogP contribution in [0.2, 0.25) is 0 Å². The van der Waals surface area contributed by atoms with Crippen LogP contribution in [0.5, 0.6) is 0 Å². The maximum Gasteiger partial charge on any atom is 0.335 e. The fourth-order valence-corrected chi connectivity index (χ4v) is 13.1. The van der Waals surface area contributed by atoms with Crippen molar-refractivity contribution in [1.29, 1.82) is 0 Å². The molecule has 5 saturated carbocycles. The molecule has 1 saturated heterocycles. The Balaban J connectivity index is 1.22. The smallest absolute Gasteiger partial charge is 0.335 e. The summed E-state index contributed by atoms with van der Waals surface area (Å²) >= 11 is 0. The van der Waals surface area contributed by atoms with E-state index in [9.17, 15) is 9.90 Å². The van der Waals surface area contributed by atoms with Crippen LogP contribution in [0.4, 0.5) is 0 Å². The standard InChI is InChI=1S/C35H52N2O2/c1-21(2)24-13-16-34(36)19-17-30(3)26(28(24)34)11-12-27-31(30,4)18-20-35-32(27,5)15-14-25(33(35,6)37-35)22-7-9-23(10-8-22)29(38)39/h7-10,21,24-28,37H,11-20,36H2,1-6H3,(H,38,39)/t24-,25-,26+,27-,28+,30+,31+,32+,33?,34-,35-/m0/s1. The van der Waals surface area contributed by atoms with Crippen LogP contribution in [-0.2, 0) is 0 Å². The van der Waals surface area contributed by atoms with Crippen LogP contribution in [0.25, 0.3) is 0 Å². The number of benzene rings is 1. The molecule has 1 unspecified atom stereocenters. The number of nitrogens with two attached hydrogens (primary N) is 1. The van der Waals surface area contributed by atoms with Gasteiger partial charge in [0.15, 0.2) is 0 Å². The van der Waals surface area contributed by atoms with Crippen molar-refractivity contribution in [1.82, 2.24) is 5.32 Å². The summed E-state index contributed by atoms with van der Waals surface area (Å²) in [6.07, 6.45) is 12.9. The summed E-state index contributed by atoms with van der Waals surface area (Å²) in [7, 11) is 0. The van der Waals surface area contributed by atoms with E-state index in [0.29, 0.717) is 33.6 Å². The predicted molar refractivity (Wildman–Crippen MR) is 157 cm³/mol. The molecule has 214 valence electrons. The fourth-order valence-electron chi connectivity index (χ4n) is 13.1. The van der Waals surface area contributed by atoms with Crippen LogP contribution in [0.3, 0.4) is 0 Å². The van der Waals surface area contributed by atoms with Crippen LogP contribution >= 0.6 is 0 Å². The maximum atomic E-state index is 11.5. The molecule has 0 bridgehead atoms. The number of aromatic carboxylic acids is 1. The van der Waals surface area contributed by atoms with E-state index in [1.807, 2.05) is 0 Å². The lowest BCUT2D eigenvalue weighted by molar-refractivity contribution is -0.212. The monoisotopic (exact) mass is 532 g/mol. The predicted octanol–water partition coefficient (Wildman–Crippen LogP) is 7.38. The highest BCUT2D eigenvalue weighted by molar-refractivity contribution is 5.87. The second-order valence-electron chi connectivity index (χ2n) is 16.4. The van der Waals surface area contributed by atoms with Crippen molar-refractivity contribution in [3.05, 3.63) is 35.4 Å². The number of carboxylic acids is 1. The van der Waals surface area contributed by atoms with Gasteiger partial charge in [-0.2, -0.15) is 0 Å². The van der Waals surface area contributed by atoms with Crippen LogP contribution in [-0.4, -0.2) is 27.7 Å². The highest BCUT2D eigenvalue weighted by Gasteiger charge is 2.82. The molecule has 11 atom stereocenters. The first kappa shape index (κ1) is 26.5. The van der Waals surface area contributed by atoms with Gasteiger partial charge < -0.3 is 16.2 Å². The van der Waals surface area contributed by atoms with Crippen molar-refractivity contribution in [3.63, 3.8) is 0 Å². The Hall–Kier alpha value is -1.39. The maximum absolute atomic E-state index is 11.5. The summed E-state index contributed by atoms with van der Waals surface area (Å²) < 4.78 is 0. The van der Waals surface area contributed by atoms with Crippen LogP contribution in [0, 0.1) is 45.8 Å². The highest BCUT2D eigenvalue weighted by atomic mass is 16.4. The number of carboxylic acid groups (broad SMARTS) is 1. The zero-order chi connectivity index (χ0) is 27.8. The number of hydrogen-bond acceptors (Lipinski definition) is 3. The number of hydrogen-bond donors (Lipinski definition) is 3. The SMILES string of the molecule is CC(C)[C@@H]1CC[C@]2(N)CC[C@]3(C)[C@H](CC[C@H]4[C@@]3(C)CC[C@@]35NC3(C)[C@H](c3ccc(C(=O)O)cc3)CC[C@]45C)[C@@H]12. The summed E-state index contributed by atoms with van der Waals surface area (Å²) in [4.78, 5) is 11.5. The van der Waals surface area contributed by atoms with Gasteiger partial charge in [-0.15, -0.1) is 0 Å². The molecule has 39 heavy (non-hydrogen) atoms. The fraction of sp³-hybridized carbons (Fsp3) is 0.800. The molecule has 0 aromatic heterocycles. The lowest BCUT2D eigenvalue weighted by atomic mass is 9.33. The minimum atomic E-state index is -0.840. The third kappa shape index (κ3) is 3.01. The van der Waals surface area contributed by atoms with Gasteiger partial charge in [0.25, 0.3) is 0 Å². The third-order valence-corrected chi connectivity index (χ3v) is 15.4. The van der Waals surface area contributed by atoms with Gasteiger partial charge in [-0.05, 0) is 135 Å². The summed E-state index contributed by atoms with van der Waals surface area (Å²) in [5, 5.41) is 13.6. The van der Waals surface area contributed by atoms with Gasteiger partial charge in [0.05, 0.1) is 5.56 Å². The average Bonchev–Trinajstić information content (AvgIpc) is 3.37. The normalized spacial score (nSPS) is 53.7. The Morgan fingerprint density at radius 2 is 1.56 bits per heavy atom. The van der Waals surface area contributed by atoms with E-state index in [4.69, 9.17) is 5.73 Å². The minimum absolute atomic E-state index is 0.0764.